The van der Waals surface area contributed by atoms with Gasteiger partial charge in [-0.2, -0.15) is 9.65 Å². The first-order valence-electron chi connectivity index (χ1n) is 11.8. The number of rotatable bonds is 10. The molecule has 28 heavy (non-hydrogen) atoms. The summed E-state index contributed by atoms with van der Waals surface area (Å²) >= 11 is 0. The van der Waals surface area contributed by atoms with Gasteiger partial charge in [0, 0.05) is 0 Å². The summed E-state index contributed by atoms with van der Waals surface area (Å²) in [4.78, 5) is 0. The lowest BCUT2D eigenvalue weighted by atomic mass is 9.70. The van der Waals surface area contributed by atoms with Crippen LogP contribution in [0, 0.1) is 35.0 Å². The standard InChI is InChI=1S/C26H40FN/c1-3-4-5-6-7-9-22-12-16-24(17-13-22)21(2)25-18-14-23(15-19-25)10-8-11-26(27)20-28/h8,10-11,22-25H,2-7,9,12-19H2,1H3/b10-8+,26-11-. The van der Waals surface area contributed by atoms with Gasteiger partial charge in [-0.3, -0.25) is 0 Å². The van der Waals surface area contributed by atoms with Gasteiger partial charge in [-0.15, -0.1) is 0 Å². The monoisotopic (exact) mass is 385 g/mol. The molecule has 0 saturated heterocycles. The number of nitrogens with zero attached hydrogens (tertiary/aromatic N) is 1. The summed E-state index contributed by atoms with van der Waals surface area (Å²) in [6.07, 6.45) is 23.8. The maximum atomic E-state index is 12.8. The third-order valence-corrected chi connectivity index (χ3v) is 7.12. The van der Waals surface area contributed by atoms with Gasteiger partial charge < -0.3 is 0 Å². The van der Waals surface area contributed by atoms with E-state index >= 15 is 0 Å². The van der Waals surface area contributed by atoms with Crippen LogP contribution in [-0.2, 0) is 0 Å². The summed E-state index contributed by atoms with van der Waals surface area (Å²) in [7, 11) is 0. The van der Waals surface area contributed by atoms with Crippen LogP contribution < -0.4 is 0 Å². The first kappa shape index (κ1) is 22.9. The number of allylic oxidation sites excluding steroid dienone is 5. The number of hydrogen-bond acceptors (Lipinski definition) is 1. The zero-order chi connectivity index (χ0) is 20.2. The van der Waals surface area contributed by atoms with E-state index in [1.165, 1.54) is 94.8 Å². The van der Waals surface area contributed by atoms with E-state index in [0.29, 0.717) is 11.8 Å². The molecular formula is C26H40FN. The Morgan fingerprint density at radius 2 is 1.57 bits per heavy atom. The summed E-state index contributed by atoms with van der Waals surface area (Å²) in [5.41, 5.74) is 1.53. The Kier molecular flexibility index (Phi) is 10.6. The third-order valence-electron chi connectivity index (χ3n) is 7.12. The van der Waals surface area contributed by atoms with Gasteiger partial charge in [-0.1, -0.05) is 69.8 Å². The van der Waals surface area contributed by atoms with Crippen LogP contribution in [0.3, 0.4) is 0 Å². The van der Waals surface area contributed by atoms with Gasteiger partial charge in [0.05, 0.1) is 0 Å². The molecule has 2 aliphatic carbocycles. The van der Waals surface area contributed by atoms with Crippen molar-refractivity contribution < 1.29 is 4.39 Å². The first-order chi connectivity index (χ1) is 13.6. The van der Waals surface area contributed by atoms with Crippen molar-refractivity contribution in [2.75, 3.05) is 0 Å². The van der Waals surface area contributed by atoms with Gasteiger partial charge in [0.25, 0.3) is 0 Å². The highest BCUT2D eigenvalue weighted by Gasteiger charge is 2.28. The molecule has 0 N–H and O–H groups in total. The molecule has 2 aliphatic rings. The average molecular weight is 386 g/mol. The fourth-order valence-electron chi connectivity index (χ4n) is 5.21. The van der Waals surface area contributed by atoms with Crippen molar-refractivity contribution in [1.29, 1.82) is 5.26 Å². The largest absolute Gasteiger partial charge is 0.199 e. The molecule has 2 fully saturated rings. The number of nitriles is 1. The van der Waals surface area contributed by atoms with Gasteiger partial charge in [-0.05, 0) is 81.1 Å². The zero-order valence-corrected chi connectivity index (χ0v) is 18.0. The Morgan fingerprint density at radius 1 is 0.964 bits per heavy atom. The lowest BCUT2D eigenvalue weighted by molar-refractivity contribution is 0.252. The fraction of sp³-hybridized carbons (Fsp3) is 0.731. The van der Waals surface area contributed by atoms with E-state index in [1.54, 1.807) is 6.08 Å². The molecule has 156 valence electrons. The summed E-state index contributed by atoms with van der Waals surface area (Å²) in [6, 6.07) is 1.51. The van der Waals surface area contributed by atoms with Crippen LogP contribution in [0.1, 0.15) is 96.8 Å². The minimum Gasteiger partial charge on any atom is -0.195 e. The minimum atomic E-state index is -0.713. The maximum Gasteiger partial charge on any atom is 0.199 e. The van der Waals surface area contributed by atoms with Crippen LogP contribution in [0.5, 0.6) is 0 Å². The highest BCUT2D eigenvalue weighted by Crippen LogP contribution is 2.42. The molecule has 0 heterocycles. The molecule has 0 unspecified atom stereocenters. The quantitative estimate of drug-likeness (QED) is 0.160. The van der Waals surface area contributed by atoms with E-state index in [4.69, 9.17) is 5.26 Å². The second-order valence-corrected chi connectivity index (χ2v) is 9.12. The highest BCUT2D eigenvalue weighted by molar-refractivity contribution is 5.19. The van der Waals surface area contributed by atoms with Crippen LogP contribution in [0.15, 0.2) is 36.2 Å². The fourth-order valence-corrected chi connectivity index (χ4v) is 5.21. The number of halogens is 1. The van der Waals surface area contributed by atoms with E-state index in [9.17, 15) is 4.39 Å². The van der Waals surface area contributed by atoms with E-state index in [-0.39, 0.29) is 0 Å². The molecule has 0 atom stereocenters. The highest BCUT2D eigenvalue weighted by atomic mass is 19.1. The van der Waals surface area contributed by atoms with Crippen LogP contribution in [0.25, 0.3) is 0 Å². The molecular weight excluding hydrogens is 345 g/mol. The smallest absolute Gasteiger partial charge is 0.195 e. The Bertz CT molecular complexity index is 551. The molecule has 2 heteroatoms. The molecule has 2 rings (SSSR count). The van der Waals surface area contributed by atoms with E-state index < -0.39 is 5.83 Å². The molecule has 2 saturated carbocycles. The Balaban J connectivity index is 1.64. The van der Waals surface area contributed by atoms with Gasteiger partial charge >= 0.3 is 0 Å². The summed E-state index contributed by atoms with van der Waals surface area (Å²) in [6.45, 7) is 6.82. The molecule has 0 radical (unpaired) electrons. The van der Waals surface area contributed by atoms with Gasteiger partial charge in [0.2, 0.25) is 0 Å². The van der Waals surface area contributed by atoms with Crippen LogP contribution in [0.2, 0.25) is 0 Å². The molecule has 0 amide bonds. The van der Waals surface area contributed by atoms with Crippen LogP contribution >= 0.6 is 0 Å². The van der Waals surface area contributed by atoms with E-state index in [1.807, 2.05) is 0 Å². The second kappa shape index (κ2) is 13.0. The topological polar surface area (TPSA) is 23.8 Å². The van der Waals surface area contributed by atoms with Crippen LogP contribution in [0.4, 0.5) is 4.39 Å². The van der Waals surface area contributed by atoms with Gasteiger partial charge in [0.1, 0.15) is 6.07 Å². The first-order valence-corrected chi connectivity index (χ1v) is 11.8. The van der Waals surface area contributed by atoms with Crippen molar-refractivity contribution in [3.8, 4) is 6.07 Å². The summed E-state index contributed by atoms with van der Waals surface area (Å²) < 4.78 is 12.8. The molecule has 0 aliphatic heterocycles. The zero-order valence-electron chi connectivity index (χ0n) is 18.0. The summed E-state index contributed by atoms with van der Waals surface area (Å²) in [5, 5.41) is 8.44. The van der Waals surface area contributed by atoms with Crippen molar-refractivity contribution in [2.45, 2.75) is 96.8 Å². The Morgan fingerprint density at radius 3 is 2.18 bits per heavy atom. The lowest BCUT2D eigenvalue weighted by Crippen LogP contribution is -2.22. The normalized spacial score (nSPS) is 29.0. The predicted molar refractivity (Wildman–Crippen MR) is 117 cm³/mol. The molecule has 0 aromatic carbocycles. The maximum absolute atomic E-state index is 12.8. The van der Waals surface area contributed by atoms with E-state index in [0.717, 1.165) is 24.7 Å². The van der Waals surface area contributed by atoms with E-state index in [2.05, 4.69) is 19.6 Å². The second-order valence-electron chi connectivity index (χ2n) is 9.12. The summed E-state index contributed by atoms with van der Waals surface area (Å²) in [5.74, 6) is 2.21. The molecule has 0 aromatic heterocycles. The SMILES string of the molecule is C=C(C1CCC(/C=C/C=C(\F)C#N)CC1)C1CCC(CCCCCCC)CC1. The predicted octanol–water partition coefficient (Wildman–Crippen LogP) is 8.45. The molecule has 1 nitrogen and oxygen atoms in total. The van der Waals surface area contributed by atoms with Crippen molar-refractivity contribution in [1.82, 2.24) is 0 Å². The Hall–Kier alpha value is -1.36. The number of unbranched alkanes of at least 4 members (excludes halogenated alkanes) is 4. The van der Waals surface area contributed by atoms with Gasteiger partial charge in [-0.25, -0.2) is 0 Å². The third kappa shape index (κ3) is 7.94. The lowest BCUT2D eigenvalue weighted by Gasteiger charge is -2.35. The van der Waals surface area contributed by atoms with Crippen molar-refractivity contribution in [2.24, 2.45) is 23.7 Å². The van der Waals surface area contributed by atoms with Gasteiger partial charge in [0.15, 0.2) is 5.83 Å². The van der Waals surface area contributed by atoms with Crippen molar-refractivity contribution in [3.63, 3.8) is 0 Å². The molecule has 0 aromatic rings. The average Bonchev–Trinajstić information content (AvgIpc) is 2.74. The van der Waals surface area contributed by atoms with Crippen LogP contribution in [-0.4, -0.2) is 0 Å². The van der Waals surface area contributed by atoms with Crippen molar-refractivity contribution >= 4 is 0 Å². The molecule has 0 bridgehead atoms. The minimum absolute atomic E-state index is 0.523. The molecule has 0 spiro atoms. The van der Waals surface area contributed by atoms with Crippen molar-refractivity contribution in [3.05, 3.63) is 36.2 Å². The Labute approximate surface area is 172 Å². The number of hydrogen-bond donors (Lipinski definition) is 0.